The van der Waals surface area contributed by atoms with E-state index in [1.54, 1.807) is 18.2 Å². The Labute approximate surface area is 166 Å². The summed E-state index contributed by atoms with van der Waals surface area (Å²) in [5.74, 6) is 0.204. The van der Waals surface area contributed by atoms with E-state index in [1.807, 2.05) is 19.1 Å². The number of nitrogens with one attached hydrogen (secondary N) is 1. The van der Waals surface area contributed by atoms with E-state index in [-0.39, 0.29) is 6.61 Å². The van der Waals surface area contributed by atoms with Crippen LogP contribution in [0.25, 0.3) is 0 Å². The molecule has 2 aromatic rings. The molecule has 0 atom stereocenters. The zero-order valence-electron chi connectivity index (χ0n) is 12.4. The second kappa shape index (κ2) is 8.85. The third kappa shape index (κ3) is 5.21. The third-order valence-corrected chi connectivity index (χ3v) is 4.63. The van der Waals surface area contributed by atoms with Crippen molar-refractivity contribution in [1.82, 2.24) is 5.43 Å². The zero-order chi connectivity index (χ0) is 17.7. The van der Waals surface area contributed by atoms with E-state index in [0.29, 0.717) is 21.4 Å². The zero-order valence-corrected chi connectivity index (χ0v) is 17.1. The molecule has 0 aliphatic carbocycles. The fourth-order valence-corrected chi connectivity index (χ4v) is 3.89. The molecule has 0 aliphatic rings. The molecule has 0 bridgehead atoms. The van der Waals surface area contributed by atoms with Gasteiger partial charge >= 0.3 is 0 Å². The topological polar surface area (TPSA) is 50.7 Å². The lowest BCUT2D eigenvalue weighted by Crippen LogP contribution is -2.24. The highest BCUT2D eigenvalue weighted by molar-refractivity contribution is 9.11. The minimum atomic E-state index is -0.399. The van der Waals surface area contributed by atoms with E-state index in [9.17, 15) is 4.79 Å². The average molecular weight is 495 g/mol. The Morgan fingerprint density at radius 1 is 1.29 bits per heavy atom. The summed E-state index contributed by atoms with van der Waals surface area (Å²) in [7, 11) is 0. The molecule has 0 aliphatic heterocycles. The first-order valence-corrected chi connectivity index (χ1v) is 9.07. The van der Waals surface area contributed by atoms with E-state index in [4.69, 9.17) is 27.9 Å². The second-order valence-electron chi connectivity index (χ2n) is 4.75. The second-order valence-corrected chi connectivity index (χ2v) is 7.34. The predicted molar refractivity (Wildman–Crippen MR) is 104 cm³/mol. The molecule has 126 valence electrons. The van der Waals surface area contributed by atoms with Gasteiger partial charge in [-0.25, -0.2) is 5.43 Å². The SMILES string of the molecule is Cc1cc(Br)cc(Br)c1OCC(=O)N/N=C/c1c(Cl)cccc1Cl. The number of ether oxygens (including phenoxy) is 1. The molecule has 1 N–H and O–H groups in total. The summed E-state index contributed by atoms with van der Waals surface area (Å²) in [5, 5.41) is 4.74. The Bertz CT molecular complexity index is 754. The van der Waals surface area contributed by atoms with Gasteiger partial charge in [0.2, 0.25) is 0 Å². The van der Waals surface area contributed by atoms with Crippen LogP contribution in [0.1, 0.15) is 11.1 Å². The van der Waals surface area contributed by atoms with Crippen molar-refractivity contribution < 1.29 is 9.53 Å². The van der Waals surface area contributed by atoms with E-state index >= 15 is 0 Å². The van der Waals surface area contributed by atoms with E-state index in [0.717, 1.165) is 14.5 Å². The lowest BCUT2D eigenvalue weighted by Gasteiger charge is -2.10. The predicted octanol–water partition coefficient (Wildman–Crippen LogP) is 5.36. The molecule has 2 aromatic carbocycles. The van der Waals surface area contributed by atoms with Crippen molar-refractivity contribution in [3.05, 3.63) is 60.4 Å². The van der Waals surface area contributed by atoms with Crippen molar-refractivity contribution in [3.8, 4) is 5.75 Å². The molecule has 4 nitrogen and oxygen atoms in total. The molecule has 0 aromatic heterocycles. The van der Waals surface area contributed by atoms with Crippen LogP contribution in [-0.2, 0) is 4.79 Å². The molecule has 0 fully saturated rings. The van der Waals surface area contributed by atoms with Crippen LogP contribution in [0.5, 0.6) is 5.75 Å². The number of carbonyl (C=O) groups excluding carboxylic acids is 1. The van der Waals surface area contributed by atoms with Gasteiger partial charge in [-0.05, 0) is 52.7 Å². The number of aryl methyl sites for hydroxylation is 1. The van der Waals surface area contributed by atoms with Gasteiger partial charge in [0.1, 0.15) is 5.75 Å². The van der Waals surface area contributed by atoms with Gasteiger partial charge in [-0.15, -0.1) is 0 Å². The lowest BCUT2D eigenvalue weighted by molar-refractivity contribution is -0.123. The highest BCUT2D eigenvalue weighted by Crippen LogP contribution is 2.32. The van der Waals surface area contributed by atoms with Crippen molar-refractivity contribution >= 4 is 67.2 Å². The maximum Gasteiger partial charge on any atom is 0.277 e. The van der Waals surface area contributed by atoms with Crippen LogP contribution in [0.15, 0.2) is 44.4 Å². The average Bonchev–Trinajstić information content (AvgIpc) is 2.49. The minimum absolute atomic E-state index is 0.172. The first kappa shape index (κ1) is 19.2. The first-order valence-electron chi connectivity index (χ1n) is 6.73. The standard InChI is InChI=1S/C16H12Br2Cl2N2O2/c1-9-5-10(17)6-12(18)16(9)24-8-15(23)22-21-7-11-13(19)3-2-4-14(11)20/h2-7H,8H2,1H3,(H,22,23)/b21-7+. The van der Waals surface area contributed by atoms with Gasteiger partial charge in [-0.3, -0.25) is 4.79 Å². The van der Waals surface area contributed by atoms with Crippen LogP contribution in [0, 0.1) is 6.92 Å². The number of carbonyl (C=O) groups is 1. The van der Waals surface area contributed by atoms with E-state index < -0.39 is 5.91 Å². The molecule has 0 saturated heterocycles. The molecule has 2 rings (SSSR count). The van der Waals surface area contributed by atoms with Crippen molar-refractivity contribution in [1.29, 1.82) is 0 Å². The Morgan fingerprint density at radius 2 is 1.96 bits per heavy atom. The molecular formula is C16H12Br2Cl2N2O2. The number of halogens is 4. The fourth-order valence-electron chi connectivity index (χ4n) is 1.84. The summed E-state index contributed by atoms with van der Waals surface area (Å²) < 4.78 is 7.21. The van der Waals surface area contributed by atoms with Crippen molar-refractivity contribution in [2.45, 2.75) is 6.92 Å². The maximum atomic E-state index is 11.8. The van der Waals surface area contributed by atoms with Gasteiger partial charge < -0.3 is 4.74 Å². The normalized spacial score (nSPS) is 10.9. The molecule has 8 heteroatoms. The van der Waals surface area contributed by atoms with Crippen molar-refractivity contribution in [3.63, 3.8) is 0 Å². The molecule has 0 radical (unpaired) electrons. The number of hydrogen-bond donors (Lipinski definition) is 1. The van der Waals surface area contributed by atoms with Gasteiger partial charge in [-0.1, -0.05) is 45.2 Å². The van der Waals surface area contributed by atoms with Crippen LogP contribution >= 0.6 is 55.1 Å². The molecule has 1 amide bonds. The number of hydrazone groups is 1. The van der Waals surface area contributed by atoms with Crippen LogP contribution in [0.4, 0.5) is 0 Å². The maximum absolute atomic E-state index is 11.8. The van der Waals surface area contributed by atoms with Gasteiger partial charge in [0.15, 0.2) is 6.61 Å². The Hall–Kier alpha value is -1.08. The molecule has 24 heavy (non-hydrogen) atoms. The van der Waals surface area contributed by atoms with E-state index in [2.05, 4.69) is 42.4 Å². The molecule has 0 unspecified atom stereocenters. The quantitative estimate of drug-likeness (QED) is 0.449. The smallest absolute Gasteiger partial charge is 0.277 e. The highest BCUT2D eigenvalue weighted by atomic mass is 79.9. The van der Waals surface area contributed by atoms with Crippen LogP contribution < -0.4 is 10.2 Å². The van der Waals surface area contributed by atoms with Gasteiger partial charge in [0, 0.05) is 10.0 Å². The lowest BCUT2D eigenvalue weighted by atomic mass is 10.2. The number of nitrogens with zero attached hydrogens (tertiary/aromatic N) is 1. The summed E-state index contributed by atoms with van der Waals surface area (Å²) in [6.07, 6.45) is 1.39. The van der Waals surface area contributed by atoms with E-state index in [1.165, 1.54) is 6.21 Å². The van der Waals surface area contributed by atoms with Crippen molar-refractivity contribution in [2.24, 2.45) is 5.10 Å². The summed E-state index contributed by atoms with van der Waals surface area (Å²) in [6, 6.07) is 8.85. The first-order chi connectivity index (χ1) is 11.4. The largest absolute Gasteiger partial charge is 0.482 e. The number of rotatable bonds is 5. The minimum Gasteiger partial charge on any atom is -0.482 e. The number of hydrogen-bond acceptors (Lipinski definition) is 3. The summed E-state index contributed by atoms with van der Waals surface area (Å²) in [5.41, 5.74) is 3.80. The molecule has 0 saturated carbocycles. The van der Waals surface area contributed by atoms with Crippen LogP contribution in [0.2, 0.25) is 10.0 Å². The molecule has 0 spiro atoms. The number of benzene rings is 2. The van der Waals surface area contributed by atoms with Gasteiger partial charge in [0.25, 0.3) is 5.91 Å². The van der Waals surface area contributed by atoms with Crippen LogP contribution in [0.3, 0.4) is 0 Å². The van der Waals surface area contributed by atoms with Crippen LogP contribution in [-0.4, -0.2) is 18.7 Å². The Morgan fingerprint density at radius 3 is 2.58 bits per heavy atom. The third-order valence-electron chi connectivity index (χ3n) is 2.92. The monoisotopic (exact) mass is 492 g/mol. The van der Waals surface area contributed by atoms with Gasteiger partial charge in [-0.2, -0.15) is 5.10 Å². The van der Waals surface area contributed by atoms with Gasteiger partial charge in [0.05, 0.1) is 20.7 Å². The fraction of sp³-hybridized carbons (Fsp3) is 0.125. The molecule has 0 heterocycles. The summed E-state index contributed by atoms with van der Waals surface area (Å²) in [4.78, 5) is 11.8. The summed E-state index contributed by atoms with van der Waals surface area (Å²) in [6.45, 7) is 1.72. The van der Waals surface area contributed by atoms with Crippen molar-refractivity contribution in [2.75, 3.05) is 6.61 Å². The number of amides is 1. The summed E-state index contributed by atoms with van der Waals surface area (Å²) >= 11 is 18.8. The Kier molecular flexibility index (Phi) is 7.10. The Balaban J connectivity index is 1.94. The highest BCUT2D eigenvalue weighted by Gasteiger charge is 2.09. The molecular weight excluding hydrogens is 483 g/mol.